The van der Waals surface area contributed by atoms with Gasteiger partial charge in [0.2, 0.25) is 11.8 Å². The Bertz CT molecular complexity index is 866. The Balaban J connectivity index is 1.96. The SMILES string of the molecule is CN(CC(=O)Nc1ccccc1Br)C(=O)/C=C/c1cccc(C(F)(F)F)c1. The van der Waals surface area contributed by atoms with Crippen LogP contribution in [0, 0.1) is 0 Å². The Labute approximate surface area is 162 Å². The Kier molecular flexibility index (Phi) is 6.79. The van der Waals surface area contributed by atoms with Gasteiger partial charge in [-0.25, -0.2) is 0 Å². The molecule has 0 aromatic heterocycles. The Morgan fingerprint density at radius 3 is 2.52 bits per heavy atom. The maximum absolute atomic E-state index is 12.7. The van der Waals surface area contributed by atoms with Crippen molar-refractivity contribution >= 4 is 39.5 Å². The highest BCUT2D eigenvalue weighted by Gasteiger charge is 2.30. The van der Waals surface area contributed by atoms with Gasteiger partial charge >= 0.3 is 6.18 Å². The summed E-state index contributed by atoms with van der Waals surface area (Å²) in [4.78, 5) is 25.3. The van der Waals surface area contributed by atoms with E-state index in [-0.39, 0.29) is 12.1 Å². The second-order valence-electron chi connectivity index (χ2n) is 5.68. The number of likely N-dealkylation sites (N-methyl/N-ethyl adjacent to an activating group) is 1. The molecule has 0 unspecified atom stereocenters. The van der Waals surface area contributed by atoms with Gasteiger partial charge in [-0.2, -0.15) is 13.2 Å². The number of hydrogen-bond donors (Lipinski definition) is 1. The van der Waals surface area contributed by atoms with Crippen LogP contribution < -0.4 is 5.32 Å². The fourth-order valence-corrected chi connectivity index (χ4v) is 2.54. The molecule has 1 N–H and O–H groups in total. The fourth-order valence-electron chi connectivity index (χ4n) is 2.16. The van der Waals surface area contributed by atoms with Gasteiger partial charge in [-0.05, 0) is 51.8 Å². The monoisotopic (exact) mass is 440 g/mol. The molecule has 0 saturated heterocycles. The average Bonchev–Trinajstić information content (AvgIpc) is 2.61. The molecule has 0 bridgehead atoms. The lowest BCUT2D eigenvalue weighted by Gasteiger charge is -2.15. The van der Waals surface area contributed by atoms with E-state index in [2.05, 4.69) is 21.2 Å². The van der Waals surface area contributed by atoms with Crippen molar-refractivity contribution in [3.05, 3.63) is 70.2 Å². The molecule has 2 aromatic carbocycles. The minimum absolute atomic E-state index is 0.201. The van der Waals surface area contributed by atoms with Gasteiger partial charge in [0.1, 0.15) is 0 Å². The number of alkyl halides is 3. The number of nitrogens with one attached hydrogen (secondary N) is 1. The lowest BCUT2D eigenvalue weighted by molar-refractivity contribution is -0.137. The van der Waals surface area contributed by atoms with Gasteiger partial charge in [0, 0.05) is 17.6 Å². The van der Waals surface area contributed by atoms with Crippen LogP contribution in [0.5, 0.6) is 0 Å². The maximum atomic E-state index is 12.7. The number of benzene rings is 2. The molecule has 0 spiro atoms. The first-order valence-corrected chi connectivity index (χ1v) is 8.61. The third kappa shape index (κ3) is 6.25. The van der Waals surface area contributed by atoms with Crippen LogP contribution in [0.3, 0.4) is 0 Å². The van der Waals surface area contributed by atoms with E-state index in [1.54, 1.807) is 24.3 Å². The Morgan fingerprint density at radius 1 is 1.15 bits per heavy atom. The maximum Gasteiger partial charge on any atom is 0.416 e. The zero-order valence-corrected chi connectivity index (χ0v) is 15.8. The molecule has 0 atom stereocenters. The summed E-state index contributed by atoms with van der Waals surface area (Å²) in [7, 11) is 1.43. The number of carbonyl (C=O) groups is 2. The lowest BCUT2D eigenvalue weighted by Crippen LogP contribution is -2.33. The van der Waals surface area contributed by atoms with Crippen molar-refractivity contribution in [2.45, 2.75) is 6.18 Å². The molecular formula is C19H16BrF3N2O2. The van der Waals surface area contributed by atoms with E-state index in [4.69, 9.17) is 0 Å². The number of rotatable bonds is 5. The summed E-state index contributed by atoms with van der Waals surface area (Å²) >= 11 is 3.30. The first kappa shape index (κ1) is 20.7. The highest BCUT2D eigenvalue weighted by molar-refractivity contribution is 9.10. The van der Waals surface area contributed by atoms with Crippen molar-refractivity contribution in [1.29, 1.82) is 0 Å². The number of amides is 2. The molecule has 0 radical (unpaired) electrons. The molecule has 2 aromatic rings. The summed E-state index contributed by atoms with van der Waals surface area (Å²) < 4.78 is 38.8. The van der Waals surface area contributed by atoms with Crippen LogP contribution in [-0.2, 0) is 15.8 Å². The van der Waals surface area contributed by atoms with Gasteiger partial charge in [-0.15, -0.1) is 0 Å². The summed E-state index contributed by atoms with van der Waals surface area (Å²) in [6, 6.07) is 11.7. The van der Waals surface area contributed by atoms with Crippen molar-refractivity contribution < 1.29 is 22.8 Å². The van der Waals surface area contributed by atoms with E-state index in [9.17, 15) is 22.8 Å². The molecule has 2 amide bonds. The lowest BCUT2D eigenvalue weighted by atomic mass is 10.1. The first-order chi connectivity index (χ1) is 12.7. The van der Waals surface area contributed by atoms with Crippen molar-refractivity contribution in [3.63, 3.8) is 0 Å². The van der Waals surface area contributed by atoms with Crippen LogP contribution in [-0.4, -0.2) is 30.3 Å². The van der Waals surface area contributed by atoms with Crippen LogP contribution in [0.4, 0.5) is 18.9 Å². The number of hydrogen-bond acceptors (Lipinski definition) is 2. The predicted octanol–water partition coefficient (Wildman–Crippen LogP) is 4.58. The number of carbonyl (C=O) groups excluding carboxylic acids is 2. The molecule has 0 fully saturated rings. The topological polar surface area (TPSA) is 49.4 Å². The summed E-state index contributed by atoms with van der Waals surface area (Å²) in [5.41, 5.74) is 0.0189. The molecular weight excluding hydrogens is 425 g/mol. The molecule has 2 rings (SSSR count). The standard InChI is InChI=1S/C19H16BrF3N2O2/c1-25(12-17(26)24-16-8-3-2-7-15(16)20)18(27)10-9-13-5-4-6-14(11-13)19(21,22)23/h2-11H,12H2,1H3,(H,24,26)/b10-9+. The molecule has 27 heavy (non-hydrogen) atoms. The molecule has 0 saturated carbocycles. The molecule has 4 nitrogen and oxygen atoms in total. The first-order valence-electron chi connectivity index (χ1n) is 7.81. The molecule has 0 aliphatic heterocycles. The summed E-state index contributed by atoms with van der Waals surface area (Å²) in [5, 5.41) is 2.67. The Morgan fingerprint density at radius 2 is 1.85 bits per heavy atom. The normalized spacial score (nSPS) is 11.4. The number of halogens is 4. The average molecular weight is 441 g/mol. The highest BCUT2D eigenvalue weighted by Crippen LogP contribution is 2.29. The molecule has 0 aliphatic carbocycles. The van der Waals surface area contributed by atoms with E-state index in [0.717, 1.165) is 23.1 Å². The third-order valence-corrected chi connectivity index (χ3v) is 4.23. The van der Waals surface area contributed by atoms with Gasteiger partial charge < -0.3 is 10.2 Å². The summed E-state index contributed by atoms with van der Waals surface area (Å²) in [5.74, 6) is -0.903. The van der Waals surface area contributed by atoms with Gasteiger partial charge in [0.25, 0.3) is 0 Å². The van der Waals surface area contributed by atoms with Crippen molar-refractivity contribution in [2.24, 2.45) is 0 Å². The Hall–Kier alpha value is -2.61. The van der Waals surface area contributed by atoms with Crippen molar-refractivity contribution in [3.8, 4) is 0 Å². The minimum atomic E-state index is -4.45. The highest BCUT2D eigenvalue weighted by atomic mass is 79.9. The van der Waals surface area contributed by atoms with Crippen LogP contribution in [0.2, 0.25) is 0 Å². The second kappa shape index (κ2) is 8.85. The second-order valence-corrected chi connectivity index (χ2v) is 6.53. The fraction of sp³-hybridized carbons (Fsp3) is 0.158. The minimum Gasteiger partial charge on any atom is -0.333 e. The van der Waals surface area contributed by atoms with Gasteiger partial charge in [-0.3, -0.25) is 9.59 Å². The quantitative estimate of drug-likeness (QED) is 0.691. The number of anilines is 1. The molecule has 142 valence electrons. The van der Waals surface area contributed by atoms with Crippen molar-refractivity contribution in [1.82, 2.24) is 4.90 Å². The van der Waals surface area contributed by atoms with Gasteiger partial charge in [-0.1, -0.05) is 24.3 Å². The summed E-state index contributed by atoms with van der Waals surface area (Å²) in [6.45, 7) is -0.201. The third-order valence-electron chi connectivity index (χ3n) is 3.54. The number of para-hydroxylation sites is 1. The van der Waals surface area contributed by atoms with E-state index < -0.39 is 23.6 Å². The van der Waals surface area contributed by atoms with Crippen LogP contribution in [0.1, 0.15) is 11.1 Å². The van der Waals surface area contributed by atoms with E-state index in [0.29, 0.717) is 10.2 Å². The molecule has 8 heteroatoms. The van der Waals surface area contributed by atoms with Crippen molar-refractivity contribution in [2.75, 3.05) is 18.9 Å². The molecule has 0 aliphatic rings. The van der Waals surface area contributed by atoms with Gasteiger partial charge in [0.05, 0.1) is 17.8 Å². The van der Waals surface area contributed by atoms with E-state index in [1.807, 2.05) is 0 Å². The largest absolute Gasteiger partial charge is 0.416 e. The number of nitrogens with zero attached hydrogens (tertiary/aromatic N) is 1. The van der Waals surface area contributed by atoms with Crippen LogP contribution >= 0.6 is 15.9 Å². The predicted molar refractivity (Wildman–Crippen MR) is 101 cm³/mol. The van der Waals surface area contributed by atoms with E-state index >= 15 is 0 Å². The van der Waals surface area contributed by atoms with E-state index in [1.165, 1.54) is 25.3 Å². The van der Waals surface area contributed by atoms with Crippen LogP contribution in [0.15, 0.2) is 59.1 Å². The smallest absolute Gasteiger partial charge is 0.333 e. The summed E-state index contributed by atoms with van der Waals surface area (Å²) in [6.07, 6.45) is -2.05. The molecule has 0 heterocycles. The zero-order valence-electron chi connectivity index (χ0n) is 14.3. The van der Waals surface area contributed by atoms with Crippen LogP contribution in [0.25, 0.3) is 6.08 Å². The van der Waals surface area contributed by atoms with Gasteiger partial charge in [0.15, 0.2) is 0 Å². The zero-order chi connectivity index (χ0) is 20.0.